The molecular weight excluding hydrogens is 182 g/mol. The Morgan fingerprint density at radius 3 is 2.38 bits per heavy atom. The van der Waals surface area contributed by atoms with Crippen molar-refractivity contribution in [3.8, 4) is 0 Å². The van der Waals surface area contributed by atoms with Crippen LogP contribution in [0.15, 0.2) is 0 Å². The number of hydrogen-bond donors (Lipinski definition) is 1. The van der Waals surface area contributed by atoms with Crippen LogP contribution in [0.25, 0.3) is 0 Å². The van der Waals surface area contributed by atoms with Crippen LogP contribution in [0.1, 0.15) is 52.4 Å². The summed E-state index contributed by atoms with van der Waals surface area (Å²) < 4.78 is 0. The van der Waals surface area contributed by atoms with E-state index in [0.29, 0.717) is 5.38 Å². The van der Waals surface area contributed by atoms with Gasteiger partial charge in [0.1, 0.15) is 0 Å². The van der Waals surface area contributed by atoms with Crippen LogP contribution < -0.4 is 5.32 Å². The molecule has 2 heteroatoms. The van der Waals surface area contributed by atoms with Crippen LogP contribution in [0.4, 0.5) is 0 Å². The summed E-state index contributed by atoms with van der Waals surface area (Å²) in [7, 11) is 0. The molecule has 0 amide bonds. The Morgan fingerprint density at radius 1 is 1.08 bits per heavy atom. The highest BCUT2D eigenvalue weighted by atomic mass is 35.5. The molecular formula is C11H24ClN. The van der Waals surface area contributed by atoms with Crippen LogP contribution in [-0.4, -0.2) is 18.5 Å². The highest BCUT2D eigenvalue weighted by Gasteiger charge is 1.94. The van der Waals surface area contributed by atoms with Gasteiger partial charge in [0.05, 0.1) is 0 Å². The Balaban J connectivity index is 2.84. The van der Waals surface area contributed by atoms with Gasteiger partial charge in [0.15, 0.2) is 0 Å². The van der Waals surface area contributed by atoms with Gasteiger partial charge in [-0.25, -0.2) is 0 Å². The molecule has 0 rings (SSSR count). The molecule has 0 aliphatic rings. The fraction of sp³-hybridized carbons (Fsp3) is 1.00. The Labute approximate surface area is 88.2 Å². The van der Waals surface area contributed by atoms with Gasteiger partial charge in [-0.05, 0) is 39.3 Å². The molecule has 0 saturated heterocycles. The topological polar surface area (TPSA) is 12.0 Å². The highest BCUT2D eigenvalue weighted by molar-refractivity contribution is 6.20. The number of alkyl halides is 1. The van der Waals surface area contributed by atoms with Gasteiger partial charge in [-0.1, -0.05) is 26.2 Å². The Morgan fingerprint density at radius 2 is 1.77 bits per heavy atom. The van der Waals surface area contributed by atoms with Crippen LogP contribution in [0, 0.1) is 0 Å². The van der Waals surface area contributed by atoms with Crippen LogP contribution >= 0.6 is 11.6 Å². The van der Waals surface area contributed by atoms with Crippen molar-refractivity contribution in [3.63, 3.8) is 0 Å². The normalized spacial score (nSPS) is 13.2. The zero-order valence-corrected chi connectivity index (χ0v) is 9.87. The lowest BCUT2D eigenvalue weighted by Crippen LogP contribution is -2.17. The van der Waals surface area contributed by atoms with Crippen LogP contribution in [0.5, 0.6) is 0 Å². The van der Waals surface area contributed by atoms with Gasteiger partial charge in [0, 0.05) is 5.38 Å². The summed E-state index contributed by atoms with van der Waals surface area (Å²) in [5.74, 6) is 0. The van der Waals surface area contributed by atoms with E-state index in [4.69, 9.17) is 11.6 Å². The molecule has 0 aliphatic carbocycles. The minimum Gasteiger partial charge on any atom is -0.317 e. The van der Waals surface area contributed by atoms with E-state index >= 15 is 0 Å². The van der Waals surface area contributed by atoms with E-state index in [9.17, 15) is 0 Å². The van der Waals surface area contributed by atoms with E-state index in [1.54, 1.807) is 0 Å². The average molecular weight is 206 g/mol. The van der Waals surface area contributed by atoms with Gasteiger partial charge in [-0.3, -0.25) is 0 Å². The molecule has 0 radical (unpaired) electrons. The average Bonchev–Trinajstić information content (AvgIpc) is 2.09. The van der Waals surface area contributed by atoms with Crippen molar-refractivity contribution in [2.75, 3.05) is 13.1 Å². The zero-order valence-electron chi connectivity index (χ0n) is 9.11. The van der Waals surface area contributed by atoms with E-state index in [-0.39, 0.29) is 0 Å². The predicted molar refractivity (Wildman–Crippen MR) is 61.6 cm³/mol. The summed E-state index contributed by atoms with van der Waals surface area (Å²) in [5, 5.41) is 3.78. The highest BCUT2D eigenvalue weighted by Crippen LogP contribution is 2.02. The molecule has 0 aromatic rings. The van der Waals surface area contributed by atoms with Crippen molar-refractivity contribution in [2.24, 2.45) is 0 Å². The van der Waals surface area contributed by atoms with Crippen molar-refractivity contribution >= 4 is 11.6 Å². The second-order valence-electron chi connectivity index (χ2n) is 3.73. The van der Waals surface area contributed by atoms with Crippen LogP contribution in [0.3, 0.4) is 0 Å². The number of rotatable bonds is 9. The van der Waals surface area contributed by atoms with E-state index in [2.05, 4.69) is 19.2 Å². The van der Waals surface area contributed by atoms with Gasteiger partial charge in [-0.15, -0.1) is 11.6 Å². The largest absolute Gasteiger partial charge is 0.317 e. The quantitative estimate of drug-likeness (QED) is 0.449. The first-order valence-electron chi connectivity index (χ1n) is 5.62. The maximum atomic E-state index is 5.83. The number of halogens is 1. The van der Waals surface area contributed by atoms with Gasteiger partial charge in [-0.2, -0.15) is 0 Å². The SMILES string of the molecule is CCCCCCNCCCC(C)Cl. The fourth-order valence-corrected chi connectivity index (χ4v) is 1.46. The summed E-state index contributed by atoms with van der Waals surface area (Å²) in [4.78, 5) is 0. The molecule has 0 aromatic carbocycles. The second-order valence-corrected chi connectivity index (χ2v) is 4.48. The summed E-state index contributed by atoms with van der Waals surface area (Å²) >= 11 is 5.83. The van der Waals surface area contributed by atoms with Crippen molar-refractivity contribution in [2.45, 2.75) is 57.7 Å². The molecule has 0 spiro atoms. The first kappa shape index (κ1) is 13.2. The Kier molecular flexibility index (Phi) is 10.5. The fourth-order valence-electron chi connectivity index (χ4n) is 1.31. The summed E-state index contributed by atoms with van der Waals surface area (Å²) in [5.41, 5.74) is 0. The molecule has 80 valence electrons. The van der Waals surface area contributed by atoms with Crippen LogP contribution in [0.2, 0.25) is 0 Å². The summed E-state index contributed by atoms with van der Waals surface area (Å²) in [6.45, 7) is 6.61. The monoisotopic (exact) mass is 205 g/mol. The molecule has 0 bridgehead atoms. The Hall–Kier alpha value is 0.250. The van der Waals surface area contributed by atoms with E-state index in [0.717, 1.165) is 13.0 Å². The molecule has 0 saturated carbocycles. The number of nitrogens with one attached hydrogen (secondary N) is 1. The number of unbranched alkanes of at least 4 members (excludes halogenated alkanes) is 3. The lowest BCUT2D eigenvalue weighted by molar-refractivity contribution is 0.574. The lowest BCUT2D eigenvalue weighted by atomic mass is 10.2. The maximum Gasteiger partial charge on any atom is 0.0308 e. The van der Waals surface area contributed by atoms with Crippen molar-refractivity contribution in [1.82, 2.24) is 5.32 Å². The molecule has 0 aliphatic heterocycles. The lowest BCUT2D eigenvalue weighted by Gasteiger charge is -2.05. The number of hydrogen-bond acceptors (Lipinski definition) is 1. The molecule has 1 unspecified atom stereocenters. The molecule has 0 heterocycles. The first-order chi connectivity index (χ1) is 6.27. The zero-order chi connectivity index (χ0) is 9.94. The van der Waals surface area contributed by atoms with Crippen molar-refractivity contribution < 1.29 is 0 Å². The Bertz CT molecular complexity index is 94.1. The van der Waals surface area contributed by atoms with Crippen molar-refractivity contribution in [3.05, 3.63) is 0 Å². The smallest absolute Gasteiger partial charge is 0.0308 e. The molecule has 0 fully saturated rings. The minimum atomic E-state index is 0.335. The van der Waals surface area contributed by atoms with Gasteiger partial charge < -0.3 is 5.32 Å². The predicted octanol–water partition coefficient (Wildman–Crippen LogP) is 3.56. The second kappa shape index (κ2) is 10.3. The van der Waals surface area contributed by atoms with E-state index < -0.39 is 0 Å². The third-order valence-electron chi connectivity index (χ3n) is 2.16. The molecule has 1 atom stereocenters. The molecule has 1 nitrogen and oxygen atoms in total. The van der Waals surface area contributed by atoms with Gasteiger partial charge in [0.25, 0.3) is 0 Å². The summed E-state index contributed by atoms with van der Waals surface area (Å²) in [6.07, 6.45) is 7.73. The van der Waals surface area contributed by atoms with Crippen LogP contribution in [-0.2, 0) is 0 Å². The maximum absolute atomic E-state index is 5.83. The van der Waals surface area contributed by atoms with E-state index in [1.165, 1.54) is 38.6 Å². The third kappa shape index (κ3) is 12.2. The standard InChI is InChI=1S/C11H24ClN/c1-3-4-5-6-9-13-10-7-8-11(2)12/h11,13H,3-10H2,1-2H3. The molecule has 1 N–H and O–H groups in total. The molecule has 13 heavy (non-hydrogen) atoms. The molecule has 0 aromatic heterocycles. The van der Waals surface area contributed by atoms with E-state index in [1.807, 2.05) is 0 Å². The van der Waals surface area contributed by atoms with Gasteiger partial charge in [0.2, 0.25) is 0 Å². The first-order valence-corrected chi connectivity index (χ1v) is 6.05. The summed E-state index contributed by atoms with van der Waals surface area (Å²) in [6, 6.07) is 0. The third-order valence-corrected chi connectivity index (χ3v) is 2.38. The van der Waals surface area contributed by atoms with Crippen molar-refractivity contribution in [1.29, 1.82) is 0 Å². The minimum absolute atomic E-state index is 0.335. The van der Waals surface area contributed by atoms with Gasteiger partial charge >= 0.3 is 0 Å².